The van der Waals surface area contributed by atoms with Gasteiger partial charge < -0.3 is 9.84 Å². The summed E-state index contributed by atoms with van der Waals surface area (Å²) in [6.07, 6.45) is 0. The number of benzene rings is 1. The van der Waals surface area contributed by atoms with Gasteiger partial charge in [0, 0.05) is 12.1 Å². The van der Waals surface area contributed by atoms with Gasteiger partial charge in [-0.2, -0.15) is 4.31 Å². The zero-order valence-corrected chi connectivity index (χ0v) is 16.0. The Kier molecular flexibility index (Phi) is 5.87. The van der Waals surface area contributed by atoms with E-state index in [-0.39, 0.29) is 28.9 Å². The molecular weight excluding hydrogens is 366 g/mol. The Balaban J connectivity index is 2.06. The second-order valence-electron chi connectivity index (χ2n) is 5.76. The third-order valence-electron chi connectivity index (χ3n) is 3.75. The van der Waals surface area contributed by atoms with Crippen molar-refractivity contribution in [2.75, 3.05) is 13.6 Å². The minimum atomic E-state index is -3.86. The molecule has 1 N–H and O–H groups in total. The first kappa shape index (κ1) is 19.4. The summed E-state index contributed by atoms with van der Waals surface area (Å²) in [6.45, 7) is 4.55. The molecule has 2 rings (SSSR count). The van der Waals surface area contributed by atoms with Gasteiger partial charge in [-0.25, -0.2) is 8.42 Å². The van der Waals surface area contributed by atoms with Crippen LogP contribution in [0.2, 0.25) is 5.02 Å². The minimum Gasteiger partial charge on any atom is -0.360 e. The summed E-state index contributed by atoms with van der Waals surface area (Å²) >= 11 is 5.84. The number of amides is 1. The highest BCUT2D eigenvalue weighted by Gasteiger charge is 2.30. The average Bonchev–Trinajstić information content (AvgIpc) is 2.87. The van der Waals surface area contributed by atoms with Crippen molar-refractivity contribution < 1.29 is 17.7 Å². The number of rotatable bonds is 6. The first-order chi connectivity index (χ1) is 11.6. The van der Waals surface area contributed by atoms with Crippen LogP contribution in [0.25, 0.3) is 0 Å². The molecule has 1 amide bonds. The lowest BCUT2D eigenvalue weighted by molar-refractivity contribution is -0.121. The van der Waals surface area contributed by atoms with Gasteiger partial charge in [-0.3, -0.25) is 4.79 Å². The molecule has 1 aromatic carbocycles. The number of hydrogen-bond donors (Lipinski definition) is 1. The first-order valence-corrected chi connectivity index (χ1v) is 9.38. The highest BCUT2D eigenvalue weighted by atomic mass is 35.5. The topological polar surface area (TPSA) is 92.5 Å². The highest BCUT2D eigenvalue weighted by molar-refractivity contribution is 7.89. The molecule has 2 aromatic rings. The molecule has 0 aliphatic heterocycles. The van der Waals surface area contributed by atoms with Crippen molar-refractivity contribution in [3.05, 3.63) is 46.3 Å². The summed E-state index contributed by atoms with van der Waals surface area (Å²) in [5, 5.41) is 7.02. The zero-order chi connectivity index (χ0) is 18.8. The fourth-order valence-corrected chi connectivity index (χ4v) is 3.94. The summed E-state index contributed by atoms with van der Waals surface area (Å²) in [5.41, 5.74) is 1.13. The number of likely N-dealkylation sites (N-methyl/N-ethyl adjacent to an activating group) is 1. The molecule has 25 heavy (non-hydrogen) atoms. The maximum Gasteiger partial charge on any atom is 0.248 e. The molecule has 0 fully saturated rings. The van der Waals surface area contributed by atoms with Crippen LogP contribution in [0.5, 0.6) is 0 Å². The molecule has 1 heterocycles. The lowest BCUT2D eigenvalue weighted by Gasteiger charge is -2.19. The molecule has 1 unspecified atom stereocenters. The van der Waals surface area contributed by atoms with Crippen molar-refractivity contribution in [2.45, 2.75) is 31.7 Å². The van der Waals surface area contributed by atoms with Gasteiger partial charge in [0.1, 0.15) is 10.6 Å². The zero-order valence-electron chi connectivity index (χ0n) is 14.4. The second-order valence-corrected chi connectivity index (χ2v) is 8.17. The number of aryl methyl sites for hydroxylation is 2. The number of nitrogens with one attached hydrogen (secondary N) is 1. The van der Waals surface area contributed by atoms with Crippen LogP contribution in [0.4, 0.5) is 0 Å². The summed E-state index contributed by atoms with van der Waals surface area (Å²) in [5.74, 6) is -0.223. The Labute approximate surface area is 152 Å². The average molecular weight is 386 g/mol. The van der Waals surface area contributed by atoms with E-state index in [1.165, 1.54) is 14.0 Å². The van der Waals surface area contributed by atoms with Crippen LogP contribution in [-0.2, 0) is 14.8 Å². The molecule has 136 valence electrons. The van der Waals surface area contributed by atoms with Gasteiger partial charge in [-0.05, 0) is 38.5 Å². The predicted molar refractivity (Wildman–Crippen MR) is 93.8 cm³/mol. The van der Waals surface area contributed by atoms with Gasteiger partial charge in [0.05, 0.1) is 12.6 Å². The van der Waals surface area contributed by atoms with Crippen LogP contribution in [0.15, 0.2) is 33.7 Å². The molecular formula is C16H20ClN3O4S. The number of hydrogen-bond acceptors (Lipinski definition) is 5. The Bertz CT molecular complexity index is 843. The van der Waals surface area contributed by atoms with Crippen LogP contribution in [0.3, 0.4) is 0 Å². The van der Waals surface area contributed by atoms with Gasteiger partial charge in [-0.1, -0.05) is 28.9 Å². The second kappa shape index (κ2) is 7.55. The summed E-state index contributed by atoms with van der Waals surface area (Å²) in [7, 11) is -2.52. The monoisotopic (exact) mass is 385 g/mol. The van der Waals surface area contributed by atoms with Crippen molar-refractivity contribution >= 4 is 27.5 Å². The van der Waals surface area contributed by atoms with Crippen molar-refractivity contribution in [3.8, 4) is 0 Å². The normalized spacial score (nSPS) is 13.0. The Morgan fingerprint density at radius 2 is 1.92 bits per heavy atom. The molecule has 0 saturated carbocycles. The van der Waals surface area contributed by atoms with E-state index in [0.29, 0.717) is 5.02 Å². The predicted octanol–water partition coefficient (Wildman–Crippen LogP) is 2.44. The van der Waals surface area contributed by atoms with Gasteiger partial charge in [-0.15, -0.1) is 0 Å². The quantitative estimate of drug-likeness (QED) is 0.824. The molecule has 0 spiro atoms. The Hall–Kier alpha value is -1.90. The number of aromatic nitrogens is 1. The van der Waals surface area contributed by atoms with Gasteiger partial charge in [0.25, 0.3) is 0 Å². The SMILES string of the molecule is Cc1noc(C)c1S(=O)(=O)N(C)CC(=O)NC(C)c1ccc(Cl)cc1. The van der Waals surface area contributed by atoms with E-state index >= 15 is 0 Å². The minimum absolute atomic E-state index is 0.00597. The molecule has 1 atom stereocenters. The van der Waals surface area contributed by atoms with Crippen LogP contribution in [-0.4, -0.2) is 37.4 Å². The number of nitrogens with zero attached hydrogens (tertiary/aromatic N) is 2. The Morgan fingerprint density at radius 1 is 1.32 bits per heavy atom. The number of carbonyl (C=O) groups excluding carboxylic acids is 1. The summed E-state index contributed by atoms with van der Waals surface area (Å²) in [6, 6.07) is 6.79. The standard InChI is InChI=1S/C16H20ClN3O4S/c1-10(13-5-7-14(17)8-6-13)18-15(21)9-20(4)25(22,23)16-11(2)19-24-12(16)3/h5-8,10H,9H2,1-4H3,(H,18,21). The van der Waals surface area contributed by atoms with Crippen LogP contribution in [0, 0.1) is 13.8 Å². The van der Waals surface area contributed by atoms with Crippen molar-refractivity contribution in [1.29, 1.82) is 0 Å². The maximum atomic E-state index is 12.6. The molecule has 0 aliphatic carbocycles. The molecule has 9 heteroatoms. The number of sulfonamides is 1. The van der Waals surface area contributed by atoms with Gasteiger partial charge in [0.15, 0.2) is 5.76 Å². The number of carbonyl (C=O) groups is 1. The summed E-state index contributed by atoms with van der Waals surface area (Å²) < 4.78 is 31.1. The summed E-state index contributed by atoms with van der Waals surface area (Å²) in [4.78, 5) is 12.2. The number of halogens is 1. The van der Waals surface area contributed by atoms with E-state index in [4.69, 9.17) is 16.1 Å². The highest BCUT2D eigenvalue weighted by Crippen LogP contribution is 2.22. The van der Waals surface area contributed by atoms with E-state index in [2.05, 4.69) is 10.5 Å². The molecule has 7 nitrogen and oxygen atoms in total. The Morgan fingerprint density at radius 3 is 2.44 bits per heavy atom. The van der Waals surface area contributed by atoms with E-state index in [0.717, 1.165) is 9.87 Å². The first-order valence-electron chi connectivity index (χ1n) is 7.57. The van der Waals surface area contributed by atoms with Crippen LogP contribution < -0.4 is 5.32 Å². The molecule has 0 aliphatic rings. The van der Waals surface area contributed by atoms with E-state index in [9.17, 15) is 13.2 Å². The molecule has 0 saturated heterocycles. The smallest absolute Gasteiger partial charge is 0.248 e. The van der Waals surface area contributed by atoms with Gasteiger partial charge >= 0.3 is 0 Å². The third kappa shape index (κ3) is 4.39. The van der Waals surface area contributed by atoms with Crippen LogP contribution in [0.1, 0.15) is 30.0 Å². The van der Waals surface area contributed by atoms with Crippen molar-refractivity contribution in [2.24, 2.45) is 0 Å². The fourth-order valence-electron chi connectivity index (χ4n) is 2.41. The van der Waals surface area contributed by atoms with Crippen molar-refractivity contribution in [1.82, 2.24) is 14.8 Å². The van der Waals surface area contributed by atoms with Gasteiger partial charge in [0.2, 0.25) is 15.9 Å². The van der Waals surface area contributed by atoms with E-state index in [1.54, 1.807) is 31.2 Å². The molecule has 0 radical (unpaired) electrons. The molecule has 1 aromatic heterocycles. The fraction of sp³-hybridized carbons (Fsp3) is 0.375. The largest absolute Gasteiger partial charge is 0.360 e. The molecule has 0 bridgehead atoms. The third-order valence-corrected chi connectivity index (χ3v) is 6.05. The van der Waals surface area contributed by atoms with E-state index in [1.807, 2.05) is 6.92 Å². The maximum absolute atomic E-state index is 12.6. The van der Waals surface area contributed by atoms with Crippen LogP contribution >= 0.6 is 11.6 Å². The van der Waals surface area contributed by atoms with Crippen molar-refractivity contribution in [3.63, 3.8) is 0 Å². The lowest BCUT2D eigenvalue weighted by Crippen LogP contribution is -2.39. The van der Waals surface area contributed by atoms with E-state index < -0.39 is 15.9 Å². The lowest BCUT2D eigenvalue weighted by atomic mass is 10.1.